The summed E-state index contributed by atoms with van der Waals surface area (Å²) in [4.78, 5) is 10.5. The summed E-state index contributed by atoms with van der Waals surface area (Å²) in [7, 11) is 2.00. The van der Waals surface area contributed by atoms with Gasteiger partial charge in [-0.3, -0.25) is 0 Å². The molecule has 4 nitrogen and oxygen atoms in total. The summed E-state index contributed by atoms with van der Waals surface area (Å²) in [6, 6.07) is 11.1. The van der Waals surface area contributed by atoms with Crippen LogP contribution in [0, 0.1) is 11.3 Å². The second kappa shape index (κ2) is 5.30. The van der Waals surface area contributed by atoms with E-state index in [1.807, 2.05) is 7.05 Å². The topological polar surface area (TPSA) is 52.8 Å². The third-order valence-electron chi connectivity index (χ3n) is 3.99. The molecular weight excluding hydrogens is 248 g/mol. The fraction of sp³-hybridized carbons (Fsp3) is 0.312. The van der Waals surface area contributed by atoms with E-state index in [0.717, 1.165) is 19.3 Å². The Kier molecular flexibility index (Phi) is 3.34. The number of fused-ring (bicyclic) bond motifs is 1. The third kappa shape index (κ3) is 2.23. The van der Waals surface area contributed by atoms with Crippen molar-refractivity contribution in [2.75, 3.05) is 11.9 Å². The molecule has 2 aromatic rings. The quantitative estimate of drug-likeness (QED) is 0.835. The molecule has 0 aliphatic heterocycles. The molecule has 0 N–H and O–H groups in total. The van der Waals surface area contributed by atoms with Crippen LogP contribution >= 0.6 is 0 Å². The van der Waals surface area contributed by atoms with E-state index in [-0.39, 0.29) is 0 Å². The van der Waals surface area contributed by atoms with Crippen molar-refractivity contribution in [2.45, 2.75) is 25.3 Å². The van der Waals surface area contributed by atoms with E-state index in [9.17, 15) is 0 Å². The number of anilines is 1. The Morgan fingerprint density at radius 1 is 1.20 bits per heavy atom. The van der Waals surface area contributed by atoms with Crippen LogP contribution in [0.2, 0.25) is 0 Å². The first-order valence-electron chi connectivity index (χ1n) is 6.80. The predicted octanol–water partition coefficient (Wildman–Crippen LogP) is 2.34. The minimum absolute atomic E-state index is 0.369. The molecule has 1 aromatic carbocycles. The van der Waals surface area contributed by atoms with E-state index in [1.165, 1.54) is 11.1 Å². The maximum absolute atomic E-state index is 9.14. The monoisotopic (exact) mass is 264 g/mol. The molecule has 100 valence electrons. The molecule has 1 aliphatic carbocycles. The largest absolute Gasteiger partial charge is 0.354 e. The van der Waals surface area contributed by atoms with Crippen LogP contribution in [-0.4, -0.2) is 23.1 Å². The Labute approximate surface area is 118 Å². The number of benzene rings is 1. The van der Waals surface area contributed by atoms with Crippen LogP contribution in [-0.2, 0) is 12.8 Å². The van der Waals surface area contributed by atoms with Gasteiger partial charge in [-0.2, -0.15) is 5.26 Å². The highest BCUT2D eigenvalue weighted by Gasteiger charge is 2.24. The van der Waals surface area contributed by atoms with Crippen LogP contribution in [0.3, 0.4) is 0 Å². The number of hydrogen-bond donors (Lipinski definition) is 0. The first-order chi connectivity index (χ1) is 9.79. The first-order valence-corrected chi connectivity index (χ1v) is 6.80. The number of hydrogen-bond acceptors (Lipinski definition) is 4. The fourth-order valence-corrected chi connectivity index (χ4v) is 2.85. The van der Waals surface area contributed by atoms with Crippen molar-refractivity contribution < 1.29 is 0 Å². The van der Waals surface area contributed by atoms with Gasteiger partial charge in [0.2, 0.25) is 0 Å². The molecule has 1 atom stereocenters. The molecule has 0 saturated carbocycles. The van der Waals surface area contributed by atoms with Crippen LogP contribution in [0.1, 0.15) is 23.2 Å². The number of rotatable bonds is 2. The van der Waals surface area contributed by atoms with Crippen LogP contribution in [0.15, 0.2) is 36.7 Å². The third-order valence-corrected chi connectivity index (χ3v) is 3.99. The van der Waals surface area contributed by atoms with Crippen LogP contribution in [0.25, 0.3) is 0 Å². The zero-order chi connectivity index (χ0) is 13.9. The number of nitriles is 1. The fourth-order valence-electron chi connectivity index (χ4n) is 2.85. The van der Waals surface area contributed by atoms with E-state index in [0.29, 0.717) is 17.6 Å². The number of aryl methyl sites for hydroxylation is 1. The Hall–Kier alpha value is -2.41. The summed E-state index contributed by atoms with van der Waals surface area (Å²) in [5.74, 6) is 0.680. The standard InChI is InChI=1S/C16H16N4/c1-20(16-15(11-17)18-8-9-19-16)14-7-6-12-4-2-3-5-13(12)10-14/h2-5,8-9,14H,6-7,10H2,1H3/t14-/m1/s1. The zero-order valence-electron chi connectivity index (χ0n) is 11.5. The molecule has 20 heavy (non-hydrogen) atoms. The van der Waals surface area contributed by atoms with Gasteiger partial charge in [0.15, 0.2) is 11.5 Å². The minimum Gasteiger partial charge on any atom is -0.354 e. The molecule has 0 amide bonds. The Morgan fingerprint density at radius 2 is 1.95 bits per heavy atom. The Balaban J connectivity index is 1.86. The average Bonchev–Trinajstić information content (AvgIpc) is 2.53. The summed E-state index contributed by atoms with van der Waals surface area (Å²) in [5.41, 5.74) is 3.24. The van der Waals surface area contributed by atoms with Gasteiger partial charge in [0.05, 0.1) is 0 Å². The summed E-state index contributed by atoms with van der Waals surface area (Å²) >= 11 is 0. The predicted molar refractivity (Wildman–Crippen MR) is 77.4 cm³/mol. The maximum atomic E-state index is 9.14. The van der Waals surface area contributed by atoms with Crippen molar-refractivity contribution in [1.82, 2.24) is 9.97 Å². The molecular formula is C16H16N4. The van der Waals surface area contributed by atoms with Gasteiger partial charge in [0.25, 0.3) is 0 Å². The molecule has 4 heteroatoms. The van der Waals surface area contributed by atoms with Crippen molar-refractivity contribution in [1.29, 1.82) is 5.26 Å². The molecule has 0 radical (unpaired) electrons. The molecule has 0 fully saturated rings. The molecule has 0 spiro atoms. The van der Waals surface area contributed by atoms with Gasteiger partial charge in [-0.15, -0.1) is 0 Å². The average molecular weight is 264 g/mol. The van der Waals surface area contributed by atoms with Gasteiger partial charge < -0.3 is 4.90 Å². The smallest absolute Gasteiger partial charge is 0.183 e. The summed E-state index contributed by atoms with van der Waals surface area (Å²) in [5, 5.41) is 9.14. The highest BCUT2D eigenvalue weighted by Crippen LogP contribution is 2.26. The SMILES string of the molecule is CN(c1nccnc1C#N)[C@@H]1CCc2ccccc2C1. The van der Waals surface area contributed by atoms with Crippen molar-refractivity contribution in [3.8, 4) is 6.07 Å². The molecule has 0 unspecified atom stereocenters. The second-order valence-corrected chi connectivity index (χ2v) is 5.12. The first kappa shape index (κ1) is 12.6. The number of likely N-dealkylation sites (N-methyl/N-ethyl adjacent to an activating group) is 1. The minimum atomic E-state index is 0.369. The van der Waals surface area contributed by atoms with Gasteiger partial charge in [0.1, 0.15) is 6.07 Å². The molecule has 0 bridgehead atoms. The normalized spacial score (nSPS) is 17.1. The lowest BCUT2D eigenvalue weighted by Gasteiger charge is -2.33. The molecule has 1 aliphatic rings. The van der Waals surface area contributed by atoms with Gasteiger partial charge in [-0.05, 0) is 30.4 Å². The van der Waals surface area contributed by atoms with E-state index in [4.69, 9.17) is 5.26 Å². The van der Waals surface area contributed by atoms with Crippen LogP contribution in [0.4, 0.5) is 5.82 Å². The van der Waals surface area contributed by atoms with Crippen molar-refractivity contribution >= 4 is 5.82 Å². The lowest BCUT2D eigenvalue weighted by atomic mass is 9.87. The van der Waals surface area contributed by atoms with E-state index >= 15 is 0 Å². The Bertz CT molecular complexity index is 660. The molecule has 3 rings (SSSR count). The van der Waals surface area contributed by atoms with E-state index < -0.39 is 0 Å². The van der Waals surface area contributed by atoms with Gasteiger partial charge in [-0.1, -0.05) is 24.3 Å². The van der Waals surface area contributed by atoms with Gasteiger partial charge in [0, 0.05) is 25.5 Å². The van der Waals surface area contributed by atoms with Crippen LogP contribution in [0.5, 0.6) is 0 Å². The Morgan fingerprint density at radius 3 is 2.75 bits per heavy atom. The lowest BCUT2D eigenvalue weighted by Crippen LogP contribution is -2.37. The van der Waals surface area contributed by atoms with Crippen molar-refractivity contribution in [2.24, 2.45) is 0 Å². The molecule has 0 saturated heterocycles. The maximum Gasteiger partial charge on any atom is 0.183 e. The van der Waals surface area contributed by atoms with Gasteiger partial charge in [-0.25, -0.2) is 9.97 Å². The number of aromatic nitrogens is 2. The zero-order valence-corrected chi connectivity index (χ0v) is 11.5. The number of nitrogens with zero attached hydrogens (tertiary/aromatic N) is 4. The van der Waals surface area contributed by atoms with E-state index in [1.54, 1.807) is 12.4 Å². The highest BCUT2D eigenvalue weighted by molar-refractivity contribution is 5.50. The van der Waals surface area contributed by atoms with Crippen LogP contribution < -0.4 is 4.90 Å². The van der Waals surface area contributed by atoms with Crippen molar-refractivity contribution in [3.63, 3.8) is 0 Å². The summed E-state index contributed by atoms with van der Waals surface area (Å²) in [6.45, 7) is 0. The van der Waals surface area contributed by atoms with Crippen molar-refractivity contribution in [3.05, 3.63) is 53.5 Å². The molecule has 1 heterocycles. The molecule has 1 aromatic heterocycles. The van der Waals surface area contributed by atoms with E-state index in [2.05, 4.69) is 45.2 Å². The highest BCUT2D eigenvalue weighted by atomic mass is 15.2. The summed E-state index contributed by atoms with van der Waals surface area (Å²) < 4.78 is 0. The van der Waals surface area contributed by atoms with Gasteiger partial charge >= 0.3 is 0 Å². The lowest BCUT2D eigenvalue weighted by molar-refractivity contribution is 0.543. The second-order valence-electron chi connectivity index (χ2n) is 5.12. The summed E-state index contributed by atoms with van der Waals surface area (Å²) in [6.07, 6.45) is 6.35.